The molecule has 0 saturated carbocycles. The number of nitrogens with zero attached hydrogens (tertiary/aromatic N) is 1. The predicted octanol–water partition coefficient (Wildman–Crippen LogP) is 2.58. The molecule has 0 saturated heterocycles. The van der Waals surface area contributed by atoms with Crippen molar-refractivity contribution in [1.29, 1.82) is 0 Å². The summed E-state index contributed by atoms with van der Waals surface area (Å²) in [7, 11) is -2.17. The van der Waals surface area contributed by atoms with Gasteiger partial charge in [0.2, 0.25) is 0 Å². The van der Waals surface area contributed by atoms with Crippen LogP contribution in [0.15, 0.2) is 29.2 Å². The number of hydrogen-bond donors (Lipinski definition) is 0. The summed E-state index contributed by atoms with van der Waals surface area (Å²) in [5, 5.41) is 0. The fourth-order valence-electron chi connectivity index (χ4n) is 1.71. The maximum atomic E-state index is 12.0. The summed E-state index contributed by atoms with van der Waals surface area (Å²) in [4.78, 5) is 13.2. The highest BCUT2D eigenvalue weighted by Gasteiger charge is 2.19. The second-order valence-corrected chi connectivity index (χ2v) is 8.22. The second-order valence-electron chi connectivity index (χ2n) is 6.60. The molecular weight excluding hydrogens is 346 g/mol. The van der Waals surface area contributed by atoms with Crippen LogP contribution in [0.4, 0.5) is 4.79 Å². The van der Waals surface area contributed by atoms with Gasteiger partial charge in [-0.1, -0.05) is 17.7 Å². The van der Waals surface area contributed by atoms with Crippen LogP contribution in [-0.2, 0) is 23.8 Å². The summed E-state index contributed by atoms with van der Waals surface area (Å²) in [5.41, 5.74) is 0.418. The van der Waals surface area contributed by atoms with Gasteiger partial charge in [0.25, 0.3) is 10.1 Å². The van der Waals surface area contributed by atoms with E-state index < -0.39 is 21.8 Å². The van der Waals surface area contributed by atoms with E-state index in [4.69, 9.17) is 13.7 Å². The smallest absolute Gasteiger partial charge is 0.410 e. The van der Waals surface area contributed by atoms with Crippen molar-refractivity contribution in [3.8, 4) is 0 Å². The number of carbonyl (C=O) groups is 1. The van der Waals surface area contributed by atoms with E-state index in [-0.39, 0.29) is 24.7 Å². The summed E-state index contributed by atoms with van der Waals surface area (Å²) >= 11 is 0. The molecule has 1 aromatic rings. The quantitative estimate of drug-likeness (QED) is 0.514. The van der Waals surface area contributed by atoms with Crippen molar-refractivity contribution in [2.24, 2.45) is 0 Å². The average Bonchev–Trinajstić information content (AvgIpc) is 2.49. The molecule has 0 heterocycles. The summed E-state index contributed by atoms with van der Waals surface area (Å²) in [6.07, 6.45) is -0.436. The van der Waals surface area contributed by atoms with E-state index in [1.807, 2.05) is 6.92 Å². The second kappa shape index (κ2) is 9.17. The molecule has 0 bridgehead atoms. The van der Waals surface area contributed by atoms with Gasteiger partial charge in [-0.3, -0.25) is 4.18 Å². The van der Waals surface area contributed by atoms with Crippen LogP contribution in [0.3, 0.4) is 0 Å². The third kappa shape index (κ3) is 8.33. The highest BCUT2D eigenvalue weighted by molar-refractivity contribution is 7.86. The predicted molar refractivity (Wildman–Crippen MR) is 94.0 cm³/mol. The van der Waals surface area contributed by atoms with Crippen LogP contribution in [0, 0.1) is 6.92 Å². The minimum atomic E-state index is -3.78. The molecule has 0 unspecified atom stereocenters. The van der Waals surface area contributed by atoms with Gasteiger partial charge in [0.05, 0.1) is 24.7 Å². The molecule has 0 aliphatic carbocycles. The summed E-state index contributed by atoms with van der Waals surface area (Å²) in [5.74, 6) is 0. The van der Waals surface area contributed by atoms with E-state index in [1.54, 1.807) is 40.0 Å². The van der Waals surface area contributed by atoms with Crippen molar-refractivity contribution in [2.45, 2.75) is 38.2 Å². The molecule has 0 radical (unpaired) electrons. The normalized spacial score (nSPS) is 12.0. The van der Waals surface area contributed by atoms with E-state index in [0.29, 0.717) is 6.54 Å². The minimum Gasteiger partial charge on any atom is -0.444 e. The Morgan fingerprint density at radius 3 is 2.24 bits per heavy atom. The van der Waals surface area contributed by atoms with Crippen molar-refractivity contribution in [2.75, 3.05) is 33.4 Å². The van der Waals surface area contributed by atoms with Crippen LogP contribution in [0.1, 0.15) is 26.3 Å². The Kier molecular flexibility index (Phi) is 7.85. The third-order valence-electron chi connectivity index (χ3n) is 3.05. The van der Waals surface area contributed by atoms with Gasteiger partial charge in [-0.25, -0.2) is 4.79 Å². The Bertz CT molecular complexity index is 649. The molecule has 25 heavy (non-hydrogen) atoms. The van der Waals surface area contributed by atoms with E-state index in [9.17, 15) is 13.2 Å². The van der Waals surface area contributed by atoms with Crippen LogP contribution in [0.25, 0.3) is 0 Å². The number of benzene rings is 1. The lowest BCUT2D eigenvalue weighted by atomic mass is 10.2. The number of hydrogen-bond acceptors (Lipinski definition) is 6. The molecule has 0 N–H and O–H groups in total. The number of amides is 1. The van der Waals surface area contributed by atoms with Crippen molar-refractivity contribution >= 4 is 16.2 Å². The zero-order valence-electron chi connectivity index (χ0n) is 15.4. The first-order valence-corrected chi connectivity index (χ1v) is 9.40. The zero-order valence-corrected chi connectivity index (χ0v) is 16.3. The fraction of sp³-hybridized carbons (Fsp3) is 0.588. The molecule has 0 spiro atoms. The summed E-state index contributed by atoms with van der Waals surface area (Å²) in [6.45, 7) is 7.85. The Labute approximate surface area is 150 Å². The highest BCUT2D eigenvalue weighted by atomic mass is 32.2. The summed E-state index contributed by atoms with van der Waals surface area (Å²) in [6, 6.07) is 6.42. The van der Waals surface area contributed by atoms with Crippen molar-refractivity contribution in [3.05, 3.63) is 29.8 Å². The Morgan fingerprint density at radius 1 is 1.08 bits per heavy atom. The van der Waals surface area contributed by atoms with Crippen LogP contribution in [0.2, 0.25) is 0 Å². The maximum Gasteiger partial charge on any atom is 0.410 e. The molecule has 0 fully saturated rings. The third-order valence-corrected chi connectivity index (χ3v) is 4.38. The maximum absolute atomic E-state index is 12.0. The van der Waals surface area contributed by atoms with E-state index in [2.05, 4.69) is 0 Å². The van der Waals surface area contributed by atoms with Crippen LogP contribution >= 0.6 is 0 Å². The molecular formula is C17H27NO6S. The number of ether oxygens (including phenoxy) is 2. The van der Waals surface area contributed by atoms with Crippen molar-refractivity contribution in [3.63, 3.8) is 0 Å². The Balaban J connectivity index is 2.25. The molecule has 0 atom stereocenters. The number of aryl methyl sites for hydroxylation is 1. The molecule has 0 aliphatic heterocycles. The highest BCUT2D eigenvalue weighted by Crippen LogP contribution is 2.13. The molecule has 1 amide bonds. The summed E-state index contributed by atoms with van der Waals surface area (Å²) < 4.78 is 39.3. The molecule has 142 valence electrons. The van der Waals surface area contributed by atoms with Crippen LogP contribution in [-0.4, -0.2) is 58.4 Å². The monoisotopic (exact) mass is 373 g/mol. The van der Waals surface area contributed by atoms with Gasteiger partial charge >= 0.3 is 6.09 Å². The number of likely N-dealkylation sites (N-methyl/N-ethyl adjacent to an activating group) is 1. The lowest BCUT2D eigenvalue weighted by Crippen LogP contribution is -2.36. The first-order chi connectivity index (χ1) is 11.5. The standard InChI is InChI=1S/C17H27NO6S/c1-14-6-8-15(9-7-14)25(20,21)23-13-12-22-11-10-18(5)16(19)24-17(2,3)4/h6-9H,10-13H2,1-5H3. The zero-order chi connectivity index (χ0) is 19.1. The molecule has 7 nitrogen and oxygen atoms in total. The SMILES string of the molecule is Cc1ccc(S(=O)(=O)OCCOCCN(C)C(=O)OC(C)(C)C)cc1. The molecule has 1 rings (SSSR count). The van der Waals surface area contributed by atoms with Crippen LogP contribution in [0.5, 0.6) is 0 Å². The van der Waals surface area contributed by atoms with Gasteiger partial charge in [0.1, 0.15) is 5.60 Å². The van der Waals surface area contributed by atoms with E-state index in [1.165, 1.54) is 17.0 Å². The van der Waals surface area contributed by atoms with Crippen molar-refractivity contribution < 1.29 is 26.9 Å². The topological polar surface area (TPSA) is 82.1 Å². The Hall–Kier alpha value is -1.64. The lowest BCUT2D eigenvalue weighted by Gasteiger charge is -2.24. The van der Waals surface area contributed by atoms with Gasteiger partial charge in [-0.2, -0.15) is 8.42 Å². The van der Waals surface area contributed by atoms with Gasteiger partial charge in [0, 0.05) is 13.6 Å². The molecule has 0 aromatic heterocycles. The minimum absolute atomic E-state index is 0.0909. The number of rotatable bonds is 8. The van der Waals surface area contributed by atoms with Gasteiger partial charge in [-0.05, 0) is 39.8 Å². The molecule has 1 aromatic carbocycles. The van der Waals surface area contributed by atoms with Gasteiger partial charge < -0.3 is 14.4 Å². The first-order valence-electron chi connectivity index (χ1n) is 7.99. The van der Waals surface area contributed by atoms with Gasteiger partial charge in [0.15, 0.2) is 0 Å². The molecule has 8 heteroatoms. The fourth-order valence-corrected chi connectivity index (χ4v) is 2.60. The first kappa shape index (κ1) is 21.4. The molecule has 0 aliphatic rings. The number of carbonyl (C=O) groups excluding carboxylic acids is 1. The lowest BCUT2D eigenvalue weighted by molar-refractivity contribution is 0.0218. The van der Waals surface area contributed by atoms with Crippen molar-refractivity contribution in [1.82, 2.24) is 4.90 Å². The van der Waals surface area contributed by atoms with E-state index in [0.717, 1.165) is 5.56 Å². The largest absolute Gasteiger partial charge is 0.444 e. The van der Waals surface area contributed by atoms with Gasteiger partial charge in [-0.15, -0.1) is 0 Å². The Morgan fingerprint density at radius 2 is 1.68 bits per heavy atom. The average molecular weight is 373 g/mol. The van der Waals surface area contributed by atoms with Crippen LogP contribution < -0.4 is 0 Å². The van der Waals surface area contributed by atoms with E-state index >= 15 is 0 Å².